The number of benzene rings is 2. The van der Waals surface area contributed by atoms with Crippen molar-refractivity contribution in [3.8, 4) is 0 Å². The molecular formula is C22H18FN3O3. The van der Waals surface area contributed by atoms with Crippen molar-refractivity contribution in [1.82, 2.24) is 15.4 Å². The molecule has 1 aromatic heterocycles. The molecule has 0 saturated carbocycles. The Morgan fingerprint density at radius 3 is 2.38 bits per heavy atom. The Kier molecular flexibility index (Phi) is 6.32. The highest BCUT2D eigenvalue weighted by Crippen LogP contribution is 2.04. The molecule has 0 aliphatic rings. The molecule has 0 aliphatic heterocycles. The van der Waals surface area contributed by atoms with Crippen LogP contribution >= 0.6 is 0 Å². The predicted molar refractivity (Wildman–Crippen MR) is 107 cm³/mol. The molecule has 29 heavy (non-hydrogen) atoms. The molecule has 0 radical (unpaired) electrons. The monoisotopic (exact) mass is 391 g/mol. The molecular weight excluding hydrogens is 373 g/mol. The van der Waals surface area contributed by atoms with Crippen molar-refractivity contribution >= 4 is 17.9 Å². The van der Waals surface area contributed by atoms with Gasteiger partial charge < -0.3 is 4.57 Å². The minimum absolute atomic E-state index is 0.123. The number of hydrogen-bond acceptors (Lipinski definition) is 3. The van der Waals surface area contributed by atoms with Crippen molar-refractivity contribution < 1.29 is 14.0 Å². The number of carbonyl (C=O) groups excluding carboxylic acids is 2. The summed E-state index contributed by atoms with van der Waals surface area (Å²) in [5, 5.41) is 0. The number of hydrogen-bond donors (Lipinski definition) is 2. The number of carbonyl (C=O) groups is 2. The Morgan fingerprint density at radius 1 is 0.931 bits per heavy atom. The lowest BCUT2D eigenvalue weighted by molar-refractivity contribution is -0.117. The van der Waals surface area contributed by atoms with Gasteiger partial charge in [-0.2, -0.15) is 0 Å². The summed E-state index contributed by atoms with van der Waals surface area (Å²) in [5.41, 5.74) is 5.36. The van der Waals surface area contributed by atoms with E-state index in [0.717, 1.165) is 5.56 Å². The molecule has 0 fully saturated rings. The van der Waals surface area contributed by atoms with Crippen LogP contribution in [0.3, 0.4) is 0 Å². The van der Waals surface area contributed by atoms with Crippen LogP contribution < -0.4 is 16.4 Å². The summed E-state index contributed by atoms with van der Waals surface area (Å²) in [5.74, 6) is -1.64. The van der Waals surface area contributed by atoms with Gasteiger partial charge in [-0.3, -0.25) is 25.2 Å². The molecule has 0 saturated heterocycles. The van der Waals surface area contributed by atoms with Crippen molar-refractivity contribution in [1.29, 1.82) is 0 Å². The molecule has 3 rings (SSSR count). The van der Waals surface area contributed by atoms with E-state index in [1.165, 1.54) is 35.0 Å². The van der Waals surface area contributed by atoms with Gasteiger partial charge in [0.1, 0.15) is 11.4 Å². The van der Waals surface area contributed by atoms with Gasteiger partial charge in [0.2, 0.25) is 0 Å². The average molecular weight is 391 g/mol. The van der Waals surface area contributed by atoms with Crippen LogP contribution in [0, 0.1) is 5.82 Å². The highest BCUT2D eigenvalue weighted by Gasteiger charge is 2.12. The summed E-state index contributed by atoms with van der Waals surface area (Å²) in [6, 6.07) is 17.8. The largest absolute Gasteiger partial charge is 0.310 e. The normalized spacial score (nSPS) is 10.7. The van der Waals surface area contributed by atoms with Crippen LogP contribution in [0.15, 0.2) is 83.8 Å². The third kappa shape index (κ3) is 5.49. The molecule has 0 bridgehead atoms. The lowest BCUT2D eigenvalue weighted by Crippen LogP contribution is -2.43. The van der Waals surface area contributed by atoms with Gasteiger partial charge in [0.25, 0.3) is 17.4 Å². The number of amides is 2. The Balaban J connectivity index is 1.63. The maximum absolute atomic E-state index is 13.0. The van der Waals surface area contributed by atoms with Gasteiger partial charge in [-0.25, -0.2) is 4.39 Å². The van der Waals surface area contributed by atoms with Gasteiger partial charge in [0, 0.05) is 12.3 Å². The van der Waals surface area contributed by atoms with Crippen molar-refractivity contribution in [3.63, 3.8) is 0 Å². The zero-order chi connectivity index (χ0) is 20.6. The van der Waals surface area contributed by atoms with Crippen LogP contribution in [0.25, 0.3) is 6.08 Å². The lowest BCUT2D eigenvalue weighted by atomic mass is 10.2. The molecule has 2 N–H and O–H groups in total. The molecule has 0 aliphatic carbocycles. The fourth-order valence-corrected chi connectivity index (χ4v) is 2.58. The number of aromatic nitrogens is 1. The Labute approximate surface area is 166 Å². The van der Waals surface area contributed by atoms with Gasteiger partial charge in [0.05, 0.1) is 6.54 Å². The second kappa shape index (κ2) is 9.27. The van der Waals surface area contributed by atoms with E-state index in [9.17, 15) is 18.8 Å². The van der Waals surface area contributed by atoms with E-state index in [4.69, 9.17) is 0 Å². The van der Waals surface area contributed by atoms with E-state index < -0.39 is 17.4 Å². The topological polar surface area (TPSA) is 80.2 Å². The molecule has 0 spiro atoms. The molecule has 1 heterocycles. The quantitative estimate of drug-likeness (QED) is 0.518. The second-order valence-electron chi connectivity index (χ2n) is 6.17. The van der Waals surface area contributed by atoms with Crippen LogP contribution in [0.2, 0.25) is 0 Å². The van der Waals surface area contributed by atoms with E-state index in [1.54, 1.807) is 24.3 Å². The van der Waals surface area contributed by atoms with Crippen LogP contribution in [-0.2, 0) is 11.3 Å². The fourth-order valence-electron chi connectivity index (χ4n) is 2.58. The van der Waals surface area contributed by atoms with Crippen LogP contribution in [-0.4, -0.2) is 16.4 Å². The molecule has 3 aromatic rings. The molecule has 2 amide bonds. The number of rotatable bonds is 5. The first kappa shape index (κ1) is 19.8. The summed E-state index contributed by atoms with van der Waals surface area (Å²) in [4.78, 5) is 36.7. The molecule has 0 atom stereocenters. The van der Waals surface area contributed by atoms with Gasteiger partial charge in [-0.15, -0.1) is 0 Å². The maximum Gasteiger partial charge on any atom is 0.275 e. The summed E-state index contributed by atoms with van der Waals surface area (Å²) in [6.45, 7) is 0.187. The summed E-state index contributed by atoms with van der Waals surface area (Å²) < 4.78 is 14.3. The van der Waals surface area contributed by atoms with E-state index >= 15 is 0 Å². The maximum atomic E-state index is 13.0. The molecule has 146 valence electrons. The molecule has 7 heteroatoms. The SMILES string of the molecule is O=C(/C=C/c1ccccc1)NNC(=O)c1cccn(Cc2ccc(F)cc2)c1=O. The number of hydrazine groups is 1. The van der Waals surface area contributed by atoms with Crippen molar-refractivity contribution in [2.24, 2.45) is 0 Å². The minimum atomic E-state index is -0.732. The Bertz CT molecular complexity index is 1090. The first-order valence-corrected chi connectivity index (χ1v) is 8.80. The molecule has 0 unspecified atom stereocenters. The fraction of sp³-hybridized carbons (Fsp3) is 0.0455. The van der Waals surface area contributed by atoms with Crippen LogP contribution in [0.5, 0.6) is 0 Å². The Morgan fingerprint density at radius 2 is 1.66 bits per heavy atom. The number of nitrogens with zero attached hydrogens (tertiary/aromatic N) is 1. The van der Waals surface area contributed by atoms with E-state index in [0.29, 0.717) is 5.56 Å². The third-order valence-corrected chi connectivity index (χ3v) is 4.06. The number of nitrogens with one attached hydrogen (secondary N) is 2. The standard InChI is InChI=1S/C22H18FN3O3/c23-18-11-8-17(9-12-18)15-26-14-4-7-19(22(26)29)21(28)25-24-20(27)13-10-16-5-2-1-3-6-16/h1-14H,15H2,(H,24,27)(H,25,28)/b13-10+. The summed E-state index contributed by atoms with van der Waals surface area (Å²) in [6.07, 6.45) is 4.40. The smallest absolute Gasteiger partial charge is 0.275 e. The average Bonchev–Trinajstić information content (AvgIpc) is 2.74. The van der Waals surface area contributed by atoms with Gasteiger partial charge in [-0.1, -0.05) is 42.5 Å². The van der Waals surface area contributed by atoms with Crippen LogP contribution in [0.4, 0.5) is 4.39 Å². The second-order valence-corrected chi connectivity index (χ2v) is 6.17. The third-order valence-electron chi connectivity index (χ3n) is 4.06. The number of halogens is 1. The van der Waals surface area contributed by atoms with E-state index in [-0.39, 0.29) is 17.9 Å². The molecule has 2 aromatic carbocycles. The zero-order valence-corrected chi connectivity index (χ0v) is 15.3. The van der Waals surface area contributed by atoms with Crippen molar-refractivity contribution in [2.75, 3.05) is 0 Å². The summed E-state index contributed by atoms with van der Waals surface area (Å²) >= 11 is 0. The van der Waals surface area contributed by atoms with Gasteiger partial charge >= 0.3 is 0 Å². The molecule has 6 nitrogen and oxygen atoms in total. The first-order valence-electron chi connectivity index (χ1n) is 8.80. The van der Waals surface area contributed by atoms with E-state index in [1.807, 2.05) is 30.3 Å². The van der Waals surface area contributed by atoms with Crippen LogP contribution in [0.1, 0.15) is 21.5 Å². The van der Waals surface area contributed by atoms with Crippen molar-refractivity contribution in [2.45, 2.75) is 6.54 Å². The number of pyridine rings is 1. The van der Waals surface area contributed by atoms with Gasteiger partial charge in [-0.05, 0) is 41.5 Å². The van der Waals surface area contributed by atoms with E-state index in [2.05, 4.69) is 10.9 Å². The highest BCUT2D eigenvalue weighted by molar-refractivity contribution is 5.97. The minimum Gasteiger partial charge on any atom is -0.310 e. The highest BCUT2D eigenvalue weighted by atomic mass is 19.1. The Hall–Kier alpha value is -4.00. The van der Waals surface area contributed by atoms with Crippen molar-refractivity contribution in [3.05, 3.63) is 112 Å². The zero-order valence-electron chi connectivity index (χ0n) is 15.3. The first-order chi connectivity index (χ1) is 14.0. The predicted octanol–water partition coefficient (Wildman–Crippen LogP) is 2.51. The summed E-state index contributed by atoms with van der Waals surface area (Å²) in [7, 11) is 0. The van der Waals surface area contributed by atoms with Gasteiger partial charge in [0.15, 0.2) is 0 Å². The lowest BCUT2D eigenvalue weighted by Gasteiger charge is -2.09.